The molecule has 7 heteroatoms. The van der Waals surface area contributed by atoms with Crippen molar-refractivity contribution in [2.45, 2.75) is 18.8 Å². The summed E-state index contributed by atoms with van der Waals surface area (Å²) in [6.07, 6.45) is 1.76. The summed E-state index contributed by atoms with van der Waals surface area (Å²) in [7, 11) is 0. The summed E-state index contributed by atoms with van der Waals surface area (Å²) in [4.78, 5) is 9.15. The normalized spacial score (nSPS) is 14.0. The number of aromatic hydroxyl groups is 1. The molecule has 0 radical (unpaired) electrons. The zero-order chi connectivity index (χ0) is 18.5. The Morgan fingerprint density at radius 1 is 1.07 bits per heavy atom. The third-order valence-corrected chi connectivity index (χ3v) is 5.11. The van der Waals surface area contributed by atoms with E-state index in [4.69, 9.17) is 5.73 Å². The number of hydrogen-bond acceptors (Lipinski definition) is 5. The second-order valence-corrected chi connectivity index (χ2v) is 6.80. The maximum absolute atomic E-state index is 13.3. The van der Waals surface area contributed by atoms with Crippen molar-refractivity contribution in [2.24, 2.45) is 0 Å². The zero-order valence-corrected chi connectivity index (χ0v) is 14.3. The lowest BCUT2D eigenvalue weighted by molar-refractivity contribution is 0.432. The van der Waals surface area contributed by atoms with Crippen LogP contribution < -0.4 is 5.73 Å². The van der Waals surface area contributed by atoms with Crippen LogP contribution in [0.3, 0.4) is 0 Å². The highest BCUT2D eigenvalue weighted by Gasteiger charge is 2.26. The van der Waals surface area contributed by atoms with Gasteiger partial charge in [-0.2, -0.15) is 5.10 Å². The second kappa shape index (κ2) is 5.77. The van der Waals surface area contributed by atoms with Crippen LogP contribution in [0.1, 0.15) is 22.9 Å². The summed E-state index contributed by atoms with van der Waals surface area (Å²) < 4.78 is 13.3. The molecular weight excluding hydrogens is 345 g/mol. The van der Waals surface area contributed by atoms with Gasteiger partial charge in [0, 0.05) is 11.5 Å². The number of fused-ring (bicyclic) bond motifs is 2. The number of benzene rings is 2. The summed E-state index contributed by atoms with van der Waals surface area (Å²) >= 11 is 0. The molecule has 0 bridgehead atoms. The van der Waals surface area contributed by atoms with Gasteiger partial charge in [0.15, 0.2) is 17.2 Å². The quantitative estimate of drug-likeness (QED) is 0.508. The van der Waals surface area contributed by atoms with Gasteiger partial charge in [-0.05, 0) is 42.2 Å². The molecule has 2 aromatic carbocycles. The standard InChI is InChI=1S/C20H16FN5O/c21-14-6-5-12(9-15(14)27)17-16-18(22)23-19(24-20(16)26-25-17)13-7-10-3-1-2-4-11(10)8-13/h1-6,9,13,27H,7-8H2,(H3,22,23,24,25,26). The van der Waals surface area contributed by atoms with Gasteiger partial charge in [0.05, 0.1) is 11.1 Å². The first-order valence-corrected chi connectivity index (χ1v) is 8.67. The number of nitrogen functional groups attached to an aromatic ring is 1. The molecule has 0 spiro atoms. The Bertz CT molecular complexity index is 1160. The van der Waals surface area contributed by atoms with Crippen molar-refractivity contribution in [3.8, 4) is 17.0 Å². The number of nitrogens with two attached hydrogens (primary N) is 1. The Hall–Kier alpha value is -3.48. The number of phenolic OH excluding ortho intramolecular Hbond substituents is 1. The van der Waals surface area contributed by atoms with E-state index in [9.17, 15) is 9.50 Å². The van der Waals surface area contributed by atoms with Gasteiger partial charge in [0.25, 0.3) is 0 Å². The first kappa shape index (κ1) is 15.7. The summed E-state index contributed by atoms with van der Waals surface area (Å²) in [5.41, 5.74) is 10.4. The van der Waals surface area contributed by atoms with Crippen molar-refractivity contribution in [1.82, 2.24) is 20.2 Å². The van der Waals surface area contributed by atoms with E-state index < -0.39 is 11.6 Å². The average molecular weight is 361 g/mol. The molecule has 6 nitrogen and oxygen atoms in total. The maximum Gasteiger partial charge on any atom is 0.187 e. The first-order valence-electron chi connectivity index (χ1n) is 8.67. The number of anilines is 1. The van der Waals surface area contributed by atoms with E-state index in [0.717, 1.165) is 12.8 Å². The predicted molar refractivity (Wildman–Crippen MR) is 99.7 cm³/mol. The monoisotopic (exact) mass is 361 g/mol. The lowest BCUT2D eigenvalue weighted by Crippen LogP contribution is -2.07. The summed E-state index contributed by atoms with van der Waals surface area (Å²) in [6, 6.07) is 12.4. The highest BCUT2D eigenvalue weighted by atomic mass is 19.1. The lowest BCUT2D eigenvalue weighted by Gasteiger charge is -2.09. The van der Waals surface area contributed by atoms with Crippen LogP contribution in [0.5, 0.6) is 5.75 Å². The van der Waals surface area contributed by atoms with Gasteiger partial charge in [-0.15, -0.1) is 0 Å². The summed E-state index contributed by atoms with van der Waals surface area (Å²) in [5.74, 6) is 0.0452. The SMILES string of the molecule is Nc1nc(C2Cc3ccccc3C2)nc2n[nH]c(-c3ccc(F)c(O)c3)c12. The van der Waals surface area contributed by atoms with E-state index in [-0.39, 0.29) is 5.92 Å². The van der Waals surface area contributed by atoms with Crippen molar-refractivity contribution in [3.05, 3.63) is 65.2 Å². The van der Waals surface area contributed by atoms with E-state index in [1.807, 2.05) is 12.1 Å². The molecule has 1 aliphatic rings. The molecule has 0 aliphatic heterocycles. The van der Waals surface area contributed by atoms with Gasteiger partial charge >= 0.3 is 0 Å². The molecule has 0 fully saturated rings. The van der Waals surface area contributed by atoms with Crippen LogP contribution in [-0.4, -0.2) is 25.3 Å². The minimum atomic E-state index is -0.685. The van der Waals surface area contributed by atoms with Crippen molar-refractivity contribution in [2.75, 3.05) is 5.73 Å². The Morgan fingerprint density at radius 2 is 1.81 bits per heavy atom. The third kappa shape index (κ3) is 2.51. The average Bonchev–Trinajstić information content (AvgIpc) is 3.28. The van der Waals surface area contributed by atoms with Gasteiger partial charge in [-0.3, -0.25) is 5.10 Å². The smallest absolute Gasteiger partial charge is 0.187 e. The molecule has 4 aromatic rings. The van der Waals surface area contributed by atoms with Gasteiger partial charge in [0.1, 0.15) is 11.6 Å². The number of halogens is 1. The number of aromatic amines is 1. The fourth-order valence-corrected chi connectivity index (χ4v) is 3.77. The molecular formula is C20H16FN5O. The largest absolute Gasteiger partial charge is 0.505 e. The van der Waals surface area contributed by atoms with Crippen molar-refractivity contribution >= 4 is 16.9 Å². The molecule has 0 amide bonds. The third-order valence-electron chi connectivity index (χ3n) is 5.11. The number of nitrogens with zero attached hydrogens (tertiary/aromatic N) is 3. The number of aromatic nitrogens is 4. The van der Waals surface area contributed by atoms with E-state index in [2.05, 4.69) is 32.3 Å². The van der Waals surface area contributed by atoms with Gasteiger partial charge in [0.2, 0.25) is 0 Å². The molecule has 0 saturated carbocycles. The molecule has 2 aromatic heterocycles. The number of nitrogens with one attached hydrogen (secondary N) is 1. The van der Waals surface area contributed by atoms with E-state index in [1.54, 1.807) is 6.07 Å². The Balaban J connectivity index is 1.57. The fraction of sp³-hybridized carbons (Fsp3) is 0.150. The number of phenols is 1. The molecule has 0 unspecified atom stereocenters. The van der Waals surface area contributed by atoms with Crippen LogP contribution >= 0.6 is 0 Å². The van der Waals surface area contributed by atoms with Crippen LogP contribution in [0.4, 0.5) is 10.2 Å². The molecule has 4 N–H and O–H groups in total. The molecule has 1 aliphatic carbocycles. The Morgan fingerprint density at radius 3 is 2.52 bits per heavy atom. The van der Waals surface area contributed by atoms with Crippen molar-refractivity contribution < 1.29 is 9.50 Å². The zero-order valence-electron chi connectivity index (χ0n) is 14.3. The van der Waals surface area contributed by atoms with Crippen molar-refractivity contribution in [3.63, 3.8) is 0 Å². The lowest BCUT2D eigenvalue weighted by atomic mass is 10.0. The summed E-state index contributed by atoms with van der Waals surface area (Å²) in [6.45, 7) is 0. The van der Waals surface area contributed by atoms with Gasteiger partial charge < -0.3 is 10.8 Å². The van der Waals surface area contributed by atoms with Crippen LogP contribution in [0.25, 0.3) is 22.3 Å². The van der Waals surface area contributed by atoms with E-state index >= 15 is 0 Å². The molecule has 134 valence electrons. The molecule has 0 saturated heterocycles. The van der Waals surface area contributed by atoms with Crippen LogP contribution in [0.2, 0.25) is 0 Å². The number of hydrogen-bond donors (Lipinski definition) is 3. The summed E-state index contributed by atoms with van der Waals surface area (Å²) in [5, 5.41) is 17.4. The first-order chi connectivity index (χ1) is 13.1. The Kier molecular flexibility index (Phi) is 3.36. The number of rotatable bonds is 2. The molecule has 0 atom stereocenters. The Labute approximate surface area is 153 Å². The number of H-pyrrole nitrogens is 1. The van der Waals surface area contributed by atoms with Crippen LogP contribution in [-0.2, 0) is 12.8 Å². The van der Waals surface area contributed by atoms with Crippen LogP contribution in [0.15, 0.2) is 42.5 Å². The van der Waals surface area contributed by atoms with E-state index in [1.165, 1.54) is 23.3 Å². The second-order valence-electron chi connectivity index (χ2n) is 6.80. The van der Waals surface area contributed by atoms with E-state index in [0.29, 0.717) is 33.9 Å². The molecule has 2 heterocycles. The highest BCUT2D eigenvalue weighted by molar-refractivity contribution is 5.98. The topological polar surface area (TPSA) is 101 Å². The minimum Gasteiger partial charge on any atom is -0.505 e. The molecule has 5 rings (SSSR count). The van der Waals surface area contributed by atoms with Crippen LogP contribution in [0, 0.1) is 5.82 Å². The highest BCUT2D eigenvalue weighted by Crippen LogP contribution is 2.36. The van der Waals surface area contributed by atoms with Crippen molar-refractivity contribution in [1.29, 1.82) is 0 Å². The molecule has 27 heavy (non-hydrogen) atoms. The minimum absolute atomic E-state index is 0.170. The maximum atomic E-state index is 13.3. The fourth-order valence-electron chi connectivity index (χ4n) is 3.77. The van der Waals surface area contributed by atoms with Gasteiger partial charge in [-0.25, -0.2) is 14.4 Å². The van der Waals surface area contributed by atoms with Gasteiger partial charge in [-0.1, -0.05) is 24.3 Å². The predicted octanol–water partition coefficient (Wildman–Crippen LogP) is 3.33.